The number of hydrogen-bond donors (Lipinski definition) is 0. The quantitative estimate of drug-likeness (QED) is 0.623. The highest BCUT2D eigenvalue weighted by Crippen LogP contribution is 2.24. The maximum atomic E-state index is 12.6. The first-order valence-corrected chi connectivity index (χ1v) is 4.94. The third-order valence-corrected chi connectivity index (χ3v) is 1.92. The van der Waals surface area contributed by atoms with Crippen LogP contribution in [0.4, 0.5) is 4.39 Å². The van der Waals surface area contributed by atoms with Gasteiger partial charge in [-0.15, -0.1) is 0 Å². The number of benzene rings is 1. The van der Waals surface area contributed by atoms with E-state index < -0.39 is 0 Å². The summed E-state index contributed by atoms with van der Waals surface area (Å²) in [5.41, 5.74) is 0.867. The van der Waals surface area contributed by atoms with E-state index in [0.717, 1.165) is 5.56 Å². The van der Waals surface area contributed by atoms with Crippen LogP contribution in [0.15, 0.2) is 18.2 Å². The van der Waals surface area contributed by atoms with E-state index in [1.807, 2.05) is 27.7 Å². The molecule has 1 aromatic rings. The number of rotatable bonds is 1. The minimum Gasteiger partial charge on any atom is -0.207 e. The molecule has 1 aromatic carbocycles. The minimum atomic E-state index is -0.224. The lowest BCUT2D eigenvalue weighted by atomic mass is 10.0. The summed E-state index contributed by atoms with van der Waals surface area (Å²) in [4.78, 5) is 0. The van der Waals surface area contributed by atoms with Gasteiger partial charge in [-0.05, 0) is 29.7 Å². The first kappa shape index (κ1) is 12.4. The molecule has 0 N–H and O–H groups in total. The zero-order valence-electron chi connectivity index (χ0n) is 8.57. The molecule has 0 nitrogen and oxygen atoms in total. The van der Waals surface area contributed by atoms with Crippen molar-refractivity contribution in [2.24, 2.45) is 0 Å². The molecule has 0 aromatic heterocycles. The first-order chi connectivity index (χ1) is 6.11. The van der Waals surface area contributed by atoms with Gasteiger partial charge in [0.25, 0.3) is 0 Å². The summed E-state index contributed by atoms with van der Waals surface area (Å²) >= 11 is 5.82. The van der Waals surface area contributed by atoms with Gasteiger partial charge in [-0.25, -0.2) is 4.39 Å². The fourth-order valence-corrected chi connectivity index (χ4v) is 1.29. The maximum absolute atomic E-state index is 12.6. The first-order valence-electron chi connectivity index (χ1n) is 4.56. The second-order valence-corrected chi connectivity index (χ2v) is 3.23. The molecule has 0 fully saturated rings. The van der Waals surface area contributed by atoms with Gasteiger partial charge < -0.3 is 0 Å². The monoisotopic (exact) mass is 202 g/mol. The molecule has 0 saturated carbocycles. The van der Waals surface area contributed by atoms with Crippen LogP contribution in [0.3, 0.4) is 0 Å². The average molecular weight is 203 g/mol. The Balaban J connectivity index is 0.000000671. The standard InChI is InChI=1S/C9H10ClF.C2H6/c1-6(2)8-5-7(11)3-4-9(8)10;1-2/h3-6H,1-2H3;1-2H3. The van der Waals surface area contributed by atoms with Crippen LogP contribution in [-0.4, -0.2) is 0 Å². The molecule has 0 spiro atoms. The van der Waals surface area contributed by atoms with Crippen molar-refractivity contribution in [3.05, 3.63) is 34.6 Å². The summed E-state index contributed by atoms with van der Waals surface area (Å²) in [5.74, 6) is 0.0521. The molecule has 0 aliphatic heterocycles. The van der Waals surface area contributed by atoms with Crippen molar-refractivity contribution in [3.63, 3.8) is 0 Å². The van der Waals surface area contributed by atoms with Gasteiger partial charge in [-0.2, -0.15) is 0 Å². The van der Waals surface area contributed by atoms with Crippen LogP contribution in [0.25, 0.3) is 0 Å². The summed E-state index contributed by atoms with van der Waals surface area (Å²) in [6, 6.07) is 4.44. The Morgan fingerprint density at radius 3 is 2.15 bits per heavy atom. The van der Waals surface area contributed by atoms with Crippen molar-refractivity contribution in [1.82, 2.24) is 0 Å². The van der Waals surface area contributed by atoms with Crippen molar-refractivity contribution in [3.8, 4) is 0 Å². The van der Waals surface area contributed by atoms with Crippen molar-refractivity contribution in [1.29, 1.82) is 0 Å². The fourth-order valence-electron chi connectivity index (χ4n) is 0.957. The zero-order valence-corrected chi connectivity index (χ0v) is 9.32. The second kappa shape index (κ2) is 5.98. The molecule has 0 heterocycles. The molecule has 1 rings (SSSR count). The SMILES string of the molecule is CC.CC(C)c1cc(F)ccc1Cl. The summed E-state index contributed by atoms with van der Waals surface area (Å²) in [6.07, 6.45) is 0. The molecule has 2 heteroatoms. The summed E-state index contributed by atoms with van der Waals surface area (Å²) < 4.78 is 12.6. The highest BCUT2D eigenvalue weighted by atomic mass is 35.5. The van der Waals surface area contributed by atoms with Crippen molar-refractivity contribution in [2.45, 2.75) is 33.6 Å². The third-order valence-electron chi connectivity index (χ3n) is 1.58. The van der Waals surface area contributed by atoms with Gasteiger partial charge in [0.2, 0.25) is 0 Å². The Morgan fingerprint density at radius 1 is 1.23 bits per heavy atom. The van der Waals surface area contributed by atoms with Gasteiger partial charge in [-0.3, -0.25) is 0 Å². The molecule has 74 valence electrons. The summed E-state index contributed by atoms with van der Waals surface area (Å²) in [6.45, 7) is 7.97. The van der Waals surface area contributed by atoms with E-state index in [-0.39, 0.29) is 11.7 Å². The molecular formula is C11H16ClF. The molecule has 0 unspecified atom stereocenters. The van der Waals surface area contributed by atoms with E-state index in [2.05, 4.69) is 0 Å². The normalized spacial score (nSPS) is 9.46. The van der Waals surface area contributed by atoms with Crippen LogP contribution in [0.2, 0.25) is 5.02 Å². The second-order valence-electron chi connectivity index (χ2n) is 2.82. The Labute approximate surface area is 84.7 Å². The van der Waals surface area contributed by atoms with Gasteiger partial charge in [0, 0.05) is 5.02 Å². The van der Waals surface area contributed by atoms with Gasteiger partial charge in [0.1, 0.15) is 5.82 Å². The predicted molar refractivity (Wildman–Crippen MR) is 56.8 cm³/mol. The van der Waals surface area contributed by atoms with Crippen LogP contribution < -0.4 is 0 Å². The molecule has 13 heavy (non-hydrogen) atoms. The smallest absolute Gasteiger partial charge is 0.123 e. The zero-order chi connectivity index (χ0) is 10.4. The Morgan fingerprint density at radius 2 is 1.77 bits per heavy atom. The van der Waals surface area contributed by atoms with E-state index in [4.69, 9.17) is 11.6 Å². The molecule has 0 radical (unpaired) electrons. The van der Waals surface area contributed by atoms with Crippen LogP contribution in [0, 0.1) is 5.82 Å². The van der Waals surface area contributed by atoms with E-state index in [0.29, 0.717) is 5.02 Å². The number of halogens is 2. The van der Waals surface area contributed by atoms with E-state index in [1.165, 1.54) is 12.1 Å². The van der Waals surface area contributed by atoms with Gasteiger partial charge in [-0.1, -0.05) is 39.3 Å². The van der Waals surface area contributed by atoms with Crippen LogP contribution >= 0.6 is 11.6 Å². The lowest BCUT2D eigenvalue weighted by Gasteiger charge is -2.06. The largest absolute Gasteiger partial charge is 0.207 e. The molecule has 0 aliphatic carbocycles. The molecular weight excluding hydrogens is 187 g/mol. The molecule has 0 bridgehead atoms. The Kier molecular flexibility index (Phi) is 5.72. The van der Waals surface area contributed by atoms with Gasteiger partial charge >= 0.3 is 0 Å². The summed E-state index contributed by atoms with van der Waals surface area (Å²) in [7, 11) is 0. The van der Waals surface area contributed by atoms with Gasteiger partial charge in [0.05, 0.1) is 0 Å². The van der Waals surface area contributed by atoms with Crippen LogP contribution in [0.1, 0.15) is 39.2 Å². The Hall–Kier alpha value is -0.560. The van der Waals surface area contributed by atoms with Gasteiger partial charge in [0.15, 0.2) is 0 Å². The highest BCUT2D eigenvalue weighted by Gasteiger charge is 2.04. The minimum absolute atomic E-state index is 0.224. The maximum Gasteiger partial charge on any atom is 0.123 e. The molecule has 0 atom stereocenters. The van der Waals surface area contributed by atoms with Crippen LogP contribution in [-0.2, 0) is 0 Å². The van der Waals surface area contributed by atoms with E-state index in [1.54, 1.807) is 6.07 Å². The molecule has 0 amide bonds. The predicted octanol–water partition coefficient (Wildman–Crippen LogP) is 4.63. The summed E-state index contributed by atoms with van der Waals surface area (Å²) in [5, 5.41) is 0.640. The van der Waals surface area contributed by atoms with Crippen LogP contribution in [0.5, 0.6) is 0 Å². The fraction of sp³-hybridized carbons (Fsp3) is 0.455. The molecule has 0 saturated heterocycles. The number of hydrogen-bond acceptors (Lipinski definition) is 0. The van der Waals surface area contributed by atoms with Crippen molar-refractivity contribution in [2.75, 3.05) is 0 Å². The Bertz CT molecular complexity index is 256. The lowest BCUT2D eigenvalue weighted by molar-refractivity contribution is 0.623. The van der Waals surface area contributed by atoms with E-state index >= 15 is 0 Å². The van der Waals surface area contributed by atoms with Crippen molar-refractivity contribution >= 4 is 11.6 Å². The highest BCUT2D eigenvalue weighted by molar-refractivity contribution is 6.31. The average Bonchev–Trinajstić information content (AvgIpc) is 2.12. The van der Waals surface area contributed by atoms with E-state index in [9.17, 15) is 4.39 Å². The lowest BCUT2D eigenvalue weighted by Crippen LogP contribution is -1.89. The van der Waals surface area contributed by atoms with Crippen molar-refractivity contribution < 1.29 is 4.39 Å². The topological polar surface area (TPSA) is 0 Å². The third kappa shape index (κ3) is 3.77. The molecule has 0 aliphatic rings.